The third-order valence-electron chi connectivity index (χ3n) is 5.35. The Morgan fingerprint density at radius 1 is 0.583 bits per heavy atom. The zero-order chi connectivity index (χ0) is 17.4. The smallest absolute Gasteiger partial charge is 0.102 e. The number of halogens is 1. The van der Waals surface area contributed by atoms with Crippen molar-refractivity contribution >= 4 is 78.1 Å². The maximum atomic E-state index is 6.70. The molecule has 0 aliphatic rings. The molecule has 3 rings (SSSR count). The Bertz CT molecular complexity index is 893. The monoisotopic (exact) mass is 324 g/mol. The Balaban J connectivity index is 2.19. The molecule has 3 aromatic rings. The van der Waals surface area contributed by atoms with Crippen molar-refractivity contribution < 1.29 is 0 Å². The van der Waals surface area contributed by atoms with Crippen molar-refractivity contribution in [2.24, 2.45) is 0 Å². The van der Waals surface area contributed by atoms with Gasteiger partial charge in [-0.15, -0.1) is 16.4 Å². The molecule has 0 aliphatic heterocycles. The summed E-state index contributed by atoms with van der Waals surface area (Å²) in [6.07, 6.45) is 0. The van der Waals surface area contributed by atoms with Crippen molar-refractivity contribution in [1.82, 2.24) is 0 Å². The molecule has 0 saturated heterocycles. The van der Waals surface area contributed by atoms with E-state index in [-0.39, 0.29) is 0 Å². The van der Waals surface area contributed by atoms with E-state index in [0.717, 1.165) is 16.1 Å². The van der Waals surface area contributed by atoms with E-state index < -0.39 is 0 Å². The summed E-state index contributed by atoms with van der Waals surface area (Å²) < 4.78 is 0. The first-order chi connectivity index (χ1) is 11.4. The van der Waals surface area contributed by atoms with E-state index in [4.69, 9.17) is 11.6 Å². The van der Waals surface area contributed by atoms with Gasteiger partial charge in [0.2, 0.25) is 0 Å². The van der Waals surface area contributed by atoms with Crippen molar-refractivity contribution in [2.75, 3.05) is 0 Å². The van der Waals surface area contributed by atoms with Crippen LogP contribution in [0.5, 0.6) is 0 Å². The molecule has 3 aromatic carbocycles. The average molecular weight is 324 g/mol. The average Bonchev–Trinajstić information content (AvgIpc) is 2.60. The molecule has 0 radical (unpaired) electrons. The first-order valence-electron chi connectivity index (χ1n) is 8.34. The lowest BCUT2D eigenvalue weighted by molar-refractivity contribution is 1.61. The lowest BCUT2D eigenvalue weighted by atomic mass is 9.59. The second-order valence-corrected chi connectivity index (χ2v) is 6.97. The number of hydrogen-bond acceptors (Lipinski definition) is 0. The molecule has 0 heterocycles. The first-order valence-corrected chi connectivity index (χ1v) is 8.72. The van der Waals surface area contributed by atoms with Gasteiger partial charge in [-0.3, -0.25) is 0 Å². The molecule has 0 saturated carbocycles. The van der Waals surface area contributed by atoms with E-state index in [1.54, 1.807) is 0 Å². The Kier molecular flexibility index (Phi) is 4.74. The third kappa shape index (κ3) is 2.86. The topological polar surface area (TPSA) is 0 Å². The summed E-state index contributed by atoms with van der Waals surface area (Å²) in [5.74, 6) is 0. The van der Waals surface area contributed by atoms with Gasteiger partial charge in [0.1, 0.15) is 39.2 Å². The fourth-order valence-corrected chi connectivity index (χ4v) is 3.71. The molecule has 0 N–H and O–H groups in total. The fourth-order valence-electron chi connectivity index (χ4n) is 3.43. The van der Waals surface area contributed by atoms with Gasteiger partial charge < -0.3 is 0 Å². The minimum Gasteiger partial charge on any atom is -0.102 e. The standard InChI is InChI=1S/C18H18B5Cl/c19-14-13(15(20)17(22)18(23)16(14)21)11-7-6-10(8-12(11)24)9-4-2-1-3-5-9/h1-8H,19-23H2. The van der Waals surface area contributed by atoms with Gasteiger partial charge in [-0.25, -0.2) is 0 Å². The predicted octanol–water partition coefficient (Wildman–Crippen LogP) is -3.03. The Morgan fingerprint density at radius 3 is 1.67 bits per heavy atom. The maximum absolute atomic E-state index is 6.70. The highest BCUT2D eigenvalue weighted by Crippen LogP contribution is 2.30. The number of rotatable bonds is 2. The Labute approximate surface area is 154 Å². The van der Waals surface area contributed by atoms with Crippen LogP contribution >= 0.6 is 11.6 Å². The van der Waals surface area contributed by atoms with E-state index in [2.05, 4.69) is 81.7 Å². The second-order valence-electron chi connectivity index (χ2n) is 6.56. The van der Waals surface area contributed by atoms with Crippen LogP contribution in [0.1, 0.15) is 0 Å². The molecule has 0 fully saturated rings. The summed E-state index contributed by atoms with van der Waals surface area (Å²) in [6, 6.07) is 16.8. The molecule has 0 bridgehead atoms. The lowest BCUT2D eigenvalue weighted by Crippen LogP contribution is -2.55. The van der Waals surface area contributed by atoms with E-state index in [1.807, 2.05) is 6.07 Å². The zero-order valence-corrected chi connectivity index (χ0v) is 15.8. The SMILES string of the molecule is Bc1c(B)c(B)c(-c2ccc(-c3ccccc3)cc2Cl)c(B)c1B. The van der Waals surface area contributed by atoms with Gasteiger partial charge in [0.05, 0.1) is 0 Å². The largest absolute Gasteiger partial charge is 0.139 e. The number of benzene rings is 3. The van der Waals surface area contributed by atoms with Crippen LogP contribution in [0.2, 0.25) is 5.02 Å². The summed E-state index contributed by atoms with van der Waals surface area (Å²) in [7, 11) is 11.0. The molecule has 0 nitrogen and oxygen atoms in total. The van der Waals surface area contributed by atoms with Crippen LogP contribution in [0.4, 0.5) is 0 Å². The van der Waals surface area contributed by atoms with Crippen LogP contribution in [0, 0.1) is 0 Å². The molecular weight excluding hydrogens is 306 g/mol. The minimum absolute atomic E-state index is 0.810. The molecule has 0 spiro atoms. The highest BCUT2D eigenvalue weighted by Gasteiger charge is 2.15. The van der Waals surface area contributed by atoms with Crippen LogP contribution < -0.4 is 27.3 Å². The normalized spacial score (nSPS) is 10.7. The quantitative estimate of drug-likeness (QED) is 0.440. The summed E-state index contributed by atoms with van der Waals surface area (Å²) >= 11 is 6.70. The fraction of sp³-hybridized carbons (Fsp3) is 0. The predicted molar refractivity (Wildman–Crippen MR) is 123 cm³/mol. The Morgan fingerprint density at radius 2 is 1.12 bits per heavy atom. The molecule has 0 unspecified atom stereocenters. The van der Waals surface area contributed by atoms with Gasteiger partial charge in [0, 0.05) is 5.02 Å². The second kappa shape index (κ2) is 6.65. The van der Waals surface area contributed by atoms with Gasteiger partial charge in [0.25, 0.3) is 0 Å². The Hall–Kier alpha value is -1.73. The summed E-state index contributed by atoms with van der Waals surface area (Å²) in [5.41, 5.74) is 11.5. The molecule has 112 valence electrons. The van der Waals surface area contributed by atoms with Crippen LogP contribution in [-0.2, 0) is 0 Å². The van der Waals surface area contributed by atoms with Crippen molar-refractivity contribution in [3.05, 3.63) is 53.6 Å². The molecular formula is C18H18B5Cl. The summed E-state index contributed by atoms with van der Waals surface area (Å²) in [5, 5.41) is 0.810. The summed E-state index contributed by atoms with van der Waals surface area (Å²) in [4.78, 5) is 0. The van der Waals surface area contributed by atoms with Crippen LogP contribution in [0.25, 0.3) is 22.3 Å². The molecule has 6 heteroatoms. The van der Waals surface area contributed by atoms with Gasteiger partial charge in [-0.05, 0) is 28.3 Å². The van der Waals surface area contributed by atoms with Crippen LogP contribution in [0.15, 0.2) is 48.5 Å². The number of hydrogen-bond donors (Lipinski definition) is 0. The molecule has 24 heavy (non-hydrogen) atoms. The van der Waals surface area contributed by atoms with Crippen LogP contribution in [0.3, 0.4) is 0 Å². The van der Waals surface area contributed by atoms with Crippen LogP contribution in [-0.4, -0.2) is 39.2 Å². The van der Waals surface area contributed by atoms with Crippen molar-refractivity contribution in [1.29, 1.82) is 0 Å². The van der Waals surface area contributed by atoms with E-state index >= 15 is 0 Å². The van der Waals surface area contributed by atoms with Gasteiger partial charge in [-0.2, -0.15) is 0 Å². The molecule has 0 amide bonds. The van der Waals surface area contributed by atoms with E-state index in [9.17, 15) is 0 Å². The van der Waals surface area contributed by atoms with Gasteiger partial charge in [-0.1, -0.05) is 65.0 Å². The zero-order valence-electron chi connectivity index (χ0n) is 15.0. The molecule has 0 atom stereocenters. The molecule has 0 aliphatic carbocycles. The van der Waals surface area contributed by atoms with Gasteiger partial charge in [0.15, 0.2) is 0 Å². The summed E-state index contributed by atoms with van der Waals surface area (Å²) in [6.45, 7) is 0. The lowest BCUT2D eigenvalue weighted by Gasteiger charge is -2.21. The van der Waals surface area contributed by atoms with E-state index in [1.165, 1.54) is 38.4 Å². The molecule has 0 aromatic heterocycles. The van der Waals surface area contributed by atoms with Crippen molar-refractivity contribution in [3.8, 4) is 22.3 Å². The maximum Gasteiger partial charge on any atom is 0.139 e. The van der Waals surface area contributed by atoms with E-state index in [0.29, 0.717) is 0 Å². The van der Waals surface area contributed by atoms with Crippen molar-refractivity contribution in [2.45, 2.75) is 0 Å². The highest BCUT2D eigenvalue weighted by molar-refractivity contribution is 6.68. The van der Waals surface area contributed by atoms with Gasteiger partial charge >= 0.3 is 0 Å². The van der Waals surface area contributed by atoms with Crippen molar-refractivity contribution in [3.63, 3.8) is 0 Å². The first kappa shape index (κ1) is 17.1. The minimum atomic E-state index is 0.810. The highest BCUT2D eigenvalue weighted by atomic mass is 35.5. The third-order valence-corrected chi connectivity index (χ3v) is 5.66.